The molecule has 0 aliphatic carbocycles. The number of hydrogen-bond acceptors (Lipinski definition) is 0. The first kappa shape index (κ1) is 17.0. The van der Waals surface area contributed by atoms with Gasteiger partial charge in [-0.3, -0.25) is 0 Å². The van der Waals surface area contributed by atoms with E-state index in [2.05, 4.69) is 13.8 Å². The van der Waals surface area contributed by atoms with Gasteiger partial charge in [0.15, 0.2) is 17.4 Å². The lowest BCUT2D eigenvalue weighted by Crippen LogP contribution is -1.27. The maximum Gasteiger partial charge on any atom is 0.187 e. The zero-order valence-corrected chi connectivity index (χ0v) is 3.93. The van der Waals surface area contributed by atoms with E-state index >= 15 is 0 Å². The van der Waals surface area contributed by atoms with E-state index in [1.165, 1.54) is 6.42 Å². The normalized spacial score (nSPS) is 3.60. The lowest BCUT2D eigenvalue weighted by atomic mass is 10.6. The van der Waals surface area contributed by atoms with Crippen LogP contribution in [0.15, 0.2) is 0 Å². The molecule has 0 spiro atoms. The molecular formula is C3H12AlCl. The van der Waals surface area contributed by atoms with Gasteiger partial charge in [-0.15, -0.1) is 12.4 Å². The molecule has 0 amide bonds. The van der Waals surface area contributed by atoms with Gasteiger partial charge in [-0.25, -0.2) is 0 Å². The van der Waals surface area contributed by atoms with Gasteiger partial charge in [0.2, 0.25) is 0 Å². The monoisotopic (exact) mass is 110 g/mol. The lowest BCUT2D eigenvalue weighted by Gasteiger charge is -1.48. The summed E-state index contributed by atoms with van der Waals surface area (Å²) in [4.78, 5) is 0. The number of hydrogen-bond donors (Lipinski definition) is 0. The second-order valence-electron chi connectivity index (χ2n) is 0.707. The Morgan fingerprint density at radius 2 is 1.20 bits per heavy atom. The summed E-state index contributed by atoms with van der Waals surface area (Å²) in [6, 6.07) is 0. The van der Waals surface area contributed by atoms with Crippen LogP contribution in [0.1, 0.15) is 20.3 Å². The SMILES string of the molecule is CCC.Cl.[AlH3]. The van der Waals surface area contributed by atoms with Crippen molar-refractivity contribution in [2.75, 3.05) is 0 Å². The lowest BCUT2D eigenvalue weighted by molar-refractivity contribution is 1.09. The number of rotatable bonds is 0. The molecule has 0 heterocycles. The summed E-state index contributed by atoms with van der Waals surface area (Å²) in [7, 11) is 0. The number of halogens is 1. The molecule has 0 nitrogen and oxygen atoms in total. The molecule has 0 unspecified atom stereocenters. The molecule has 0 bridgehead atoms. The molecule has 0 rings (SSSR count). The Morgan fingerprint density at radius 3 is 1.20 bits per heavy atom. The van der Waals surface area contributed by atoms with Crippen molar-refractivity contribution in [3.63, 3.8) is 0 Å². The molecule has 5 heavy (non-hydrogen) atoms. The summed E-state index contributed by atoms with van der Waals surface area (Å²) in [5.74, 6) is 0. The van der Waals surface area contributed by atoms with E-state index < -0.39 is 0 Å². The molecule has 0 aromatic heterocycles. The van der Waals surface area contributed by atoms with Crippen LogP contribution in [0, 0.1) is 0 Å². The van der Waals surface area contributed by atoms with Gasteiger partial charge < -0.3 is 0 Å². The maximum absolute atomic E-state index is 2.12. The highest BCUT2D eigenvalue weighted by atomic mass is 35.5. The second-order valence-corrected chi connectivity index (χ2v) is 0.707. The fourth-order valence-electron chi connectivity index (χ4n) is 0. The molecule has 2 heteroatoms. The minimum atomic E-state index is 0. The first-order valence-corrected chi connectivity index (χ1v) is 1.41. The van der Waals surface area contributed by atoms with Crippen molar-refractivity contribution in [1.82, 2.24) is 0 Å². The molecule has 0 aliphatic rings. The van der Waals surface area contributed by atoms with Crippen molar-refractivity contribution >= 4 is 29.8 Å². The van der Waals surface area contributed by atoms with Crippen LogP contribution in [0.25, 0.3) is 0 Å². The Morgan fingerprint density at radius 1 is 1.20 bits per heavy atom. The summed E-state index contributed by atoms with van der Waals surface area (Å²) >= 11 is 0. The summed E-state index contributed by atoms with van der Waals surface area (Å²) in [6.45, 7) is 4.25. The standard InChI is InChI=1S/C3H8.Al.ClH.3H/c1-3-2;;;;;/h3H2,1-2H3;;1H;;;. The van der Waals surface area contributed by atoms with Crippen molar-refractivity contribution in [3.8, 4) is 0 Å². The predicted molar refractivity (Wildman–Crippen MR) is 33.2 cm³/mol. The van der Waals surface area contributed by atoms with Crippen LogP contribution < -0.4 is 0 Å². The zero-order valence-electron chi connectivity index (χ0n) is 3.12. The Balaban J connectivity index is -0.0000000200. The molecule has 0 aliphatic heterocycles. The molecule has 0 N–H and O–H groups in total. The van der Waals surface area contributed by atoms with E-state index in [0.717, 1.165) is 0 Å². The highest BCUT2D eigenvalue weighted by Crippen LogP contribution is 1.56. The van der Waals surface area contributed by atoms with E-state index in [1.54, 1.807) is 0 Å². The van der Waals surface area contributed by atoms with E-state index in [0.29, 0.717) is 0 Å². The van der Waals surface area contributed by atoms with Crippen molar-refractivity contribution in [1.29, 1.82) is 0 Å². The third kappa shape index (κ3) is 56.8. The van der Waals surface area contributed by atoms with Crippen LogP contribution in [0.4, 0.5) is 0 Å². The van der Waals surface area contributed by atoms with Crippen LogP contribution in [-0.2, 0) is 0 Å². The minimum Gasteiger partial charge on any atom is -0.147 e. The van der Waals surface area contributed by atoms with Gasteiger partial charge in [-0.2, -0.15) is 0 Å². The predicted octanol–water partition coefficient (Wildman–Crippen LogP) is 0.654. The summed E-state index contributed by atoms with van der Waals surface area (Å²) in [5.41, 5.74) is 0. The molecule has 0 saturated carbocycles. The van der Waals surface area contributed by atoms with E-state index in [9.17, 15) is 0 Å². The third-order valence-electron chi connectivity index (χ3n) is 0. The third-order valence-corrected chi connectivity index (χ3v) is 0. The molecule has 0 aromatic rings. The first-order chi connectivity index (χ1) is 1.41. The largest absolute Gasteiger partial charge is 0.187 e. The highest BCUT2D eigenvalue weighted by Gasteiger charge is 1.35. The smallest absolute Gasteiger partial charge is 0.147 e. The van der Waals surface area contributed by atoms with Crippen molar-refractivity contribution in [2.24, 2.45) is 0 Å². The van der Waals surface area contributed by atoms with Gasteiger partial charge in [0.05, 0.1) is 0 Å². The van der Waals surface area contributed by atoms with Gasteiger partial charge in [-0.1, -0.05) is 20.3 Å². The Hall–Kier alpha value is 0.822. The second kappa shape index (κ2) is 21.2. The summed E-state index contributed by atoms with van der Waals surface area (Å²) < 4.78 is 0. The Bertz CT molecular complexity index is 6.85. The van der Waals surface area contributed by atoms with Crippen molar-refractivity contribution in [2.45, 2.75) is 20.3 Å². The fourth-order valence-corrected chi connectivity index (χ4v) is 0. The van der Waals surface area contributed by atoms with Crippen LogP contribution >= 0.6 is 12.4 Å². The van der Waals surface area contributed by atoms with Gasteiger partial charge in [0.25, 0.3) is 0 Å². The molecule has 0 aromatic carbocycles. The zero-order chi connectivity index (χ0) is 2.71. The van der Waals surface area contributed by atoms with Crippen molar-refractivity contribution < 1.29 is 0 Å². The van der Waals surface area contributed by atoms with Crippen LogP contribution in [-0.4, -0.2) is 17.4 Å². The average Bonchev–Trinajstić information content (AvgIpc) is 0.918. The van der Waals surface area contributed by atoms with Crippen LogP contribution in [0.5, 0.6) is 0 Å². The highest BCUT2D eigenvalue weighted by molar-refractivity contribution is 5.85. The molecule has 0 saturated heterocycles. The van der Waals surface area contributed by atoms with E-state index in [4.69, 9.17) is 0 Å². The van der Waals surface area contributed by atoms with E-state index in [-0.39, 0.29) is 29.8 Å². The van der Waals surface area contributed by atoms with E-state index in [1.807, 2.05) is 0 Å². The van der Waals surface area contributed by atoms with Gasteiger partial charge in [0, 0.05) is 0 Å². The van der Waals surface area contributed by atoms with Crippen LogP contribution in [0.3, 0.4) is 0 Å². The molecule has 0 radical (unpaired) electrons. The fraction of sp³-hybridized carbons (Fsp3) is 1.00. The topological polar surface area (TPSA) is 0 Å². The minimum absolute atomic E-state index is 0. The molecular weight excluding hydrogens is 98.5 g/mol. The van der Waals surface area contributed by atoms with Gasteiger partial charge in [0.1, 0.15) is 0 Å². The summed E-state index contributed by atoms with van der Waals surface area (Å²) in [6.07, 6.45) is 1.25. The summed E-state index contributed by atoms with van der Waals surface area (Å²) in [5, 5.41) is 0. The Kier molecular flexibility index (Phi) is 72.1. The quantitative estimate of drug-likeness (QED) is 0.402. The molecule has 34 valence electrons. The molecule has 0 fully saturated rings. The Labute approximate surface area is 50.5 Å². The maximum atomic E-state index is 2.12. The van der Waals surface area contributed by atoms with Crippen molar-refractivity contribution in [3.05, 3.63) is 0 Å². The average molecular weight is 111 g/mol. The van der Waals surface area contributed by atoms with Gasteiger partial charge in [-0.05, 0) is 0 Å². The molecule has 0 atom stereocenters. The van der Waals surface area contributed by atoms with Gasteiger partial charge >= 0.3 is 0 Å². The first-order valence-electron chi connectivity index (χ1n) is 1.41. The van der Waals surface area contributed by atoms with Crippen LogP contribution in [0.2, 0.25) is 0 Å².